The Morgan fingerprint density at radius 2 is 1.07 bits per heavy atom. The number of amides is 1. The molecule has 0 saturated heterocycles. The first-order valence-corrected chi connectivity index (χ1v) is 18.9. The van der Waals surface area contributed by atoms with Gasteiger partial charge in [0.2, 0.25) is 5.91 Å². The molecule has 0 heterocycles. The van der Waals surface area contributed by atoms with Crippen LogP contribution in [0.5, 0.6) is 0 Å². The van der Waals surface area contributed by atoms with Crippen LogP contribution >= 0.6 is 0 Å². The fourth-order valence-electron chi connectivity index (χ4n) is 4.51. The molecular formula is C38H63NO5S. The normalized spacial score (nSPS) is 14.5. The van der Waals surface area contributed by atoms with E-state index in [-0.39, 0.29) is 12.3 Å². The molecule has 0 aliphatic carbocycles. The number of allylic oxidation sites excluding steroid dienone is 13. The first-order chi connectivity index (χ1) is 21.8. The smallest absolute Gasteiger partial charge is 0.267 e. The Hall–Kier alpha value is -2.48. The molecule has 0 radical (unpaired) electrons. The van der Waals surface area contributed by atoms with Crippen LogP contribution in [0.25, 0.3) is 0 Å². The molecule has 0 aromatic heterocycles. The summed E-state index contributed by atoms with van der Waals surface area (Å²) in [4.78, 5) is 12.4. The average Bonchev–Trinajstić information content (AvgIpc) is 3.00. The number of nitrogens with one attached hydrogen (secondary N) is 1. The predicted octanol–water partition coefficient (Wildman–Crippen LogP) is 9.67. The fraction of sp³-hybridized carbons (Fsp3) is 0.605. The molecule has 0 bridgehead atoms. The molecule has 45 heavy (non-hydrogen) atoms. The van der Waals surface area contributed by atoms with Crippen LogP contribution in [0, 0.1) is 0 Å². The summed E-state index contributed by atoms with van der Waals surface area (Å²) in [6.45, 7) is 4.31. The Morgan fingerprint density at radius 3 is 1.56 bits per heavy atom. The maximum atomic E-state index is 12.4. The van der Waals surface area contributed by atoms with E-state index in [2.05, 4.69) is 92.1 Å². The van der Waals surface area contributed by atoms with Crippen LogP contribution in [-0.4, -0.2) is 41.9 Å². The molecule has 0 saturated carbocycles. The molecule has 6 nitrogen and oxygen atoms in total. The molecule has 0 aromatic carbocycles. The van der Waals surface area contributed by atoms with Gasteiger partial charge in [-0.05, 0) is 70.6 Å². The number of aliphatic hydroxyl groups is 1. The lowest BCUT2D eigenvalue weighted by Crippen LogP contribution is -2.46. The van der Waals surface area contributed by atoms with Crippen molar-refractivity contribution in [1.29, 1.82) is 0 Å². The van der Waals surface area contributed by atoms with Crippen molar-refractivity contribution in [3.05, 3.63) is 85.1 Å². The summed E-state index contributed by atoms with van der Waals surface area (Å²) in [7, 11) is -4.34. The number of hydrogen-bond acceptors (Lipinski definition) is 4. The van der Waals surface area contributed by atoms with E-state index in [1.807, 2.05) is 6.08 Å². The summed E-state index contributed by atoms with van der Waals surface area (Å²) in [6, 6.07) is -1.07. The molecule has 0 fully saturated rings. The zero-order valence-corrected chi connectivity index (χ0v) is 29.0. The molecule has 2 atom stereocenters. The molecule has 3 N–H and O–H groups in total. The van der Waals surface area contributed by atoms with Gasteiger partial charge < -0.3 is 10.4 Å². The third-order valence-corrected chi connectivity index (χ3v) is 7.86. The topological polar surface area (TPSA) is 104 Å². The second kappa shape index (κ2) is 31.5. The van der Waals surface area contributed by atoms with E-state index >= 15 is 0 Å². The number of hydrogen-bond donors (Lipinski definition) is 3. The van der Waals surface area contributed by atoms with E-state index < -0.39 is 28.0 Å². The van der Waals surface area contributed by atoms with Crippen molar-refractivity contribution in [2.45, 2.75) is 142 Å². The van der Waals surface area contributed by atoms with E-state index in [1.165, 1.54) is 25.3 Å². The van der Waals surface area contributed by atoms with Gasteiger partial charge in [0.1, 0.15) is 0 Å². The number of carbonyl (C=O) groups is 1. The fourth-order valence-corrected chi connectivity index (χ4v) is 5.24. The second-order valence-corrected chi connectivity index (χ2v) is 12.9. The standard InChI is InChI=1S/C38H63NO5S/c1-3-5-7-9-11-12-13-14-15-16-17-18-19-20-21-22-23-24-25-26-28-30-32-34-38(41)39-36(35-45(42,43)44)37(40)33-31-29-27-10-8-6-4-2/h5,7,11-12,14-15,17-18,20-21,23-24,31,33,36-37,40H,3-4,6,8-10,13,16,19,22,25-30,32,34-35H2,1-2H3,(H,39,41)(H,42,43,44)/b7-5-,12-11-,15-14-,18-17-,21-20-,24-23-,33-31+. The lowest BCUT2D eigenvalue weighted by molar-refractivity contribution is -0.122. The van der Waals surface area contributed by atoms with Gasteiger partial charge >= 0.3 is 0 Å². The summed E-state index contributed by atoms with van der Waals surface area (Å²) in [5.41, 5.74) is 0. The Balaban J connectivity index is 4.00. The lowest BCUT2D eigenvalue weighted by atomic mass is 10.1. The highest BCUT2D eigenvalue weighted by atomic mass is 32.2. The highest BCUT2D eigenvalue weighted by Gasteiger charge is 2.24. The highest BCUT2D eigenvalue weighted by molar-refractivity contribution is 7.85. The summed E-state index contributed by atoms with van der Waals surface area (Å²) in [5.74, 6) is -1.03. The molecule has 0 rings (SSSR count). The molecule has 0 aliphatic rings. The molecule has 7 heteroatoms. The maximum Gasteiger partial charge on any atom is 0.267 e. The van der Waals surface area contributed by atoms with E-state index in [4.69, 9.17) is 0 Å². The SMILES string of the molecule is CC/C=C\C/C=C\C/C=C\C/C=C\C/C=C\C/C=C\CCCCCCC(=O)NC(CS(=O)(=O)O)C(O)/C=C/CCCCCCC. The summed E-state index contributed by atoms with van der Waals surface area (Å²) >= 11 is 0. The molecule has 256 valence electrons. The first kappa shape index (κ1) is 42.5. The van der Waals surface area contributed by atoms with Gasteiger partial charge in [-0.25, -0.2) is 0 Å². The number of carbonyl (C=O) groups excluding carboxylic acids is 1. The minimum absolute atomic E-state index is 0.260. The average molecular weight is 646 g/mol. The minimum Gasteiger partial charge on any atom is -0.387 e. The Bertz CT molecular complexity index is 1020. The van der Waals surface area contributed by atoms with Crippen molar-refractivity contribution in [3.63, 3.8) is 0 Å². The van der Waals surface area contributed by atoms with Gasteiger partial charge in [0, 0.05) is 6.42 Å². The minimum atomic E-state index is -4.34. The largest absolute Gasteiger partial charge is 0.387 e. The Labute approximate surface area is 276 Å². The van der Waals surface area contributed by atoms with Crippen molar-refractivity contribution >= 4 is 16.0 Å². The Kier molecular flexibility index (Phi) is 29.8. The molecule has 0 aliphatic heterocycles. The lowest BCUT2D eigenvalue weighted by Gasteiger charge is -2.21. The van der Waals surface area contributed by atoms with E-state index in [9.17, 15) is 22.9 Å². The molecule has 2 unspecified atom stereocenters. The van der Waals surface area contributed by atoms with Gasteiger partial charge in [0.15, 0.2) is 0 Å². The summed E-state index contributed by atoms with van der Waals surface area (Å²) in [6.07, 6.45) is 45.9. The molecule has 0 spiro atoms. The van der Waals surface area contributed by atoms with E-state index in [0.717, 1.165) is 83.5 Å². The highest BCUT2D eigenvalue weighted by Crippen LogP contribution is 2.09. The molecule has 1 amide bonds. The third-order valence-electron chi connectivity index (χ3n) is 7.08. The van der Waals surface area contributed by atoms with E-state index in [0.29, 0.717) is 6.42 Å². The van der Waals surface area contributed by atoms with E-state index in [1.54, 1.807) is 0 Å². The van der Waals surface area contributed by atoms with Crippen LogP contribution in [0.15, 0.2) is 85.1 Å². The molecule has 0 aromatic rings. The van der Waals surface area contributed by atoms with Crippen LogP contribution in [0.1, 0.15) is 129 Å². The predicted molar refractivity (Wildman–Crippen MR) is 193 cm³/mol. The number of unbranched alkanes of at least 4 members (excludes halogenated alkanes) is 9. The first-order valence-electron chi connectivity index (χ1n) is 17.3. The van der Waals surface area contributed by atoms with Crippen LogP contribution in [-0.2, 0) is 14.9 Å². The van der Waals surface area contributed by atoms with Gasteiger partial charge in [-0.2, -0.15) is 8.42 Å². The monoisotopic (exact) mass is 645 g/mol. The van der Waals surface area contributed by atoms with Crippen molar-refractivity contribution in [1.82, 2.24) is 5.32 Å². The van der Waals surface area contributed by atoms with Gasteiger partial charge in [0.05, 0.1) is 17.9 Å². The quantitative estimate of drug-likeness (QED) is 0.0427. The van der Waals surface area contributed by atoms with Crippen LogP contribution < -0.4 is 5.32 Å². The zero-order valence-electron chi connectivity index (χ0n) is 28.2. The zero-order chi connectivity index (χ0) is 33.3. The Morgan fingerprint density at radius 1 is 0.622 bits per heavy atom. The van der Waals surface area contributed by atoms with Crippen molar-refractivity contribution in [3.8, 4) is 0 Å². The summed E-state index contributed by atoms with van der Waals surface area (Å²) in [5, 5.41) is 13.0. The number of rotatable bonds is 29. The van der Waals surface area contributed by atoms with Crippen molar-refractivity contribution in [2.24, 2.45) is 0 Å². The van der Waals surface area contributed by atoms with Gasteiger partial charge in [-0.15, -0.1) is 0 Å². The van der Waals surface area contributed by atoms with Crippen molar-refractivity contribution in [2.75, 3.05) is 5.75 Å². The second-order valence-electron chi connectivity index (χ2n) is 11.4. The van der Waals surface area contributed by atoms with Gasteiger partial charge in [0.25, 0.3) is 10.1 Å². The maximum absolute atomic E-state index is 12.4. The van der Waals surface area contributed by atoms with Crippen LogP contribution in [0.4, 0.5) is 0 Å². The number of aliphatic hydroxyl groups excluding tert-OH is 1. The van der Waals surface area contributed by atoms with Crippen LogP contribution in [0.3, 0.4) is 0 Å². The molecular weight excluding hydrogens is 582 g/mol. The third kappa shape index (κ3) is 32.7. The summed E-state index contributed by atoms with van der Waals surface area (Å²) < 4.78 is 32.1. The van der Waals surface area contributed by atoms with Crippen LogP contribution in [0.2, 0.25) is 0 Å². The van der Waals surface area contributed by atoms with Crippen molar-refractivity contribution < 1.29 is 22.9 Å². The van der Waals surface area contributed by atoms with Gasteiger partial charge in [-0.1, -0.05) is 137 Å². The van der Waals surface area contributed by atoms with Gasteiger partial charge in [-0.3, -0.25) is 9.35 Å².